The predicted octanol–water partition coefficient (Wildman–Crippen LogP) is 4.54. The molecule has 1 N–H and O–H groups in total. The standard InChI is InChI=1S/C30H26N4O3S/c1-33-23-15-8-7-14-22(23)31-30(33)38-18-25(35)34-17-9-16-24(34)29(37)32-27-20-12-5-6-13-21(20)28(36)26(27)19-10-3-2-4-11-19/h2-8,10-15,24H,9,16-18H2,1H3,(H,32,37)/t24-/m0/s1. The van der Waals surface area contributed by atoms with Crippen LogP contribution in [0.25, 0.3) is 22.3 Å². The maximum absolute atomic E-state index is 13.6. The van der Waals surface area contributed by atoms with E-state index in [4.69, 9.17) is 0 Å². The Balaban J connectivity index is 1.22. The van der Waals surface area contributed by atoms with Crippen molar-refractivity contribution in [3.05, 3.63) is 95.6 Å². The van der Waals surface area contributed by atoms with Crippen LogP contribution in [-0.2, 0) is 16.6 Å². The van der Waals surface area contributed by atoms with Gasteiger partial charge in [0.05, 0.1) is 28.1 Å². The number of fused-ring (bicyclic) bond motifs is 2. The largest absolute Gasteiger partial charge is 0.330 e. The first-order valence-corrected chi connectivity index (χ1v) is 13.6. The van der Waals surface area contributed by atoms with Crippen molar-refractivity contribution < 1.29 is 14.4 Å². The van der Waals surface area contributed by atoms with Gasteiger partial charge >= 0.3 is 0 Å². The van der Waals surface area contributed by atoms with Crippen molar-refractivity contribution in [2.75, 3.05) is 12.3 Å². The summed E-state index contributed by atoms with van der Waals surface area (Å²) >= 11 is 1.38. The lowest BCUT2D eigenvalue weighted by molar-refractivity contribution is -0.136. The van der Waals surface area contributed by atoms with Gasteiger partial charge in [0.2, 0.25) is 11.8 Å². The van der Waals surface area contributed by atoms with Crippen LogP contribution in [0.3, 0.4) is 0 Å². The molecule has 1 aliphatic heterocycles. The summed E-state index contributed by atoms with van der Waals surface area (Å²) < 4.78 is 1.98. The number of amides is 2. The zero-order valence-electron chi connectivity index (χ0n) is 20.9. The molecule has 0 saturated carbocycles. The van der Waals surface area contributed by atoms with Crippen LogP contribution in [0.5, 0.6) is 0 Å². The Labute approximate surface area is 224 Å². The van der Waals surface area contributed by atoms with Crippen molar-refractivity contribution in [2.24, 2.45) is 7.05 Å². The van der Waals surface area contributed by atoms with E-state index in [9.17, 15) is 14.4 Å². The van der Waals surface area contributed by atoms with Gasteiger partial charge in [0.1, 0.15) is 6.04 Å². The topological polar surface area (TPSA) is 84.3 Å². The smallest absolute Gasteiger partial charge is 0.247 e. The van der Waals surface area contributed by atoms with Gasteiger partial charge in [-0.25, -0.2) is 4.98 Å². The van der Waals surface area contributed by atoms with Gasteiger partial charge in [-0.2, -0.15) is 0 Å². The first-order valence-electron chi connectivity index (χ1n) is 12.6. The van der Waals surface area contributed by atoms with Gasteiger partial charge in [-0.05, 0) is 30.5 Å². The molecule has 0 spiro atoms. The molecular formula is C30H26N4O3S. The number of aryl methyl sites for hydroxylation is 1. The number of likely N-dealkylation sites (tertiary alicyclic amines) is 1. The van der Waals surface area contributed by atoms with Crippen LogP contribution in [0, 0.1) is 0 Å². The van der Waals surface area contributed by atoms with Crippen molar-refractivity contribution in [1.29, 1.82) is 0 Å². The van der Waals surface area contributed by atoms with Gasteiger partial charge < -0.3 is 14.8 Å². The summed E-state index contributed by atoms with van der Waals surface area (Å²) in [5.41, 5.74) is 4.91. The molecule has 1 aliphatic carbocycles. The van der Waals surface area contributed by atoms with Crippen LogP contribution in [0.1, 0.15) is 34.3 Å². The van der Waals surface area contributed by atoms with E-state index in [1.54, 1.807) is 11.0 Å². The fraction of sp³-hybridized carbons (Fsp3) is 0.200. The van der Waals surface area contributed by atoms with Gasteiger partial charge in [-0.1, -0.05) is 78.5 Å². The normalized spacial score (nSPS) is 16.8. The van der Waals surface area contributed by atoms with Crippen LogP contribution in [0.4, 0.5) is 0 Å². The zero-order chi connectivity index (χ0) is 26.2. The molecule has 1 atom stereocenters. The van der Waals surface area contributed by atoms with Crippen molar-refractivity contribution >= 4 is 51.7 Å². The molecule has 1 fully saturated rings. The lowest BCUT2D eigenvalue weighted by Gasteiger charge is -2.24. The van der Waals surface area contributed by atoms with E-state index in [1.807, 2.05) is 84.4 Å². The second-order valence-electron chi connectivity index (χ2n) is 9.46. The third kappa shape index (κ3) is 4.20. The Morgan fingerprint density at radius 1 is 0.974 bits per heavy atom. The number of carbonyl (C=O) groups is 3. The summed E-state index contributed by atoms with van der Waals surface area (Å²) in [4.78, 5) is 46.4. The number of nitrogens with one attached hydrogen (secondary N) is 1. The molecule has 0 unspecified atom stereocenters. The zero-order valence-corrected chi connectivity index (χ0v) is 21.7. The number of nitrogens with zero attached hydrogens (tertiary/aromatic N) is 3. The first kappa shape index (κ1) is 24.2. The van der Waals surface area contributed by atoms with Gasteiger partial charge in [0.25, 0.3) is 0 Å². The van der Waals surface area contributed by atoms with E-state index in [2.05, 4.69) is 10.3 Å². The molecule has 7 nitrogen and oxygen atoms in total. The minimum absolute atomic E-state index is 0.0973. The molecule has 2 aliphatic rings. The molecule has 38 heavy (non-hydrogen) atoms. The summed E-state index contributed by atoms with van der Waals surface area (Å²) in [6.07, 6.45) is 1.33. The Kier molecular flexibility index (Phi) is 6.33. The summed E-state index contributed by atoms with van der Waals surface area (Å²) in [6, 6.07) is 24.0. The molecule has 6 rings (SSSR count). The van der Waals surface area contributed by atoms with E-state index in [0.29, 0.717) is 35.4 Å². The number of aromatic nitrogens is 2. The number of hydrogen-bond acceptors (Lipinski definition) is 5. The summed E-state index contributed by atoms with van der Waals surface area (Å²) in [7, 11) is 1.94. The fourth-order valence-corrected chi connectivity index (χ4v) is 6.17. The molecule has 190 valence electrons. The number of allylic oxidation sites excluding steroid dienone is 1. The maximum atomic E-state index is 13.6. The molecule has 2 amide bonds. The number of carbonyl (C=O) groups excluding carboxylic acids is 3. The summed E-state index contributed by atoms with van der Waals surface area (Å²) in [6.45, 7) is 0.528. The van der Waals surface area contributed by atoms with E-state index in [0.717, 1.165) is 28.2 Å². The fourth-order valence-electron chi connectivity index (χ4n) is 5.30. The van der Waals surface area contributed by atoms with Crippen molar-refractivity contribution in [1.82, 2.24) is 19.8 Å². The minimum atomic E-state index is -0.587. The number of benzene rings is 3. The first-order chi connectivity index (χ1) is 18.5. The number of imidazole rings is 1. The van der Waals surface area contributed by atoms with Crippen LogP contribution in [0.2, 0.25) is 0 Å². The van der Waals surface area contributed by atoms with Gasteiger partial charge in [-0.15, -0.1) is 0 Å². The summed E-state index contributed by atoms with van der Waals surface area (Å²) in [5, 5.41) is 3.81. The third-order valence-electron chi connectivity index (χ3n) is 7.18. The molecule has 3 aromatic carbocycles. The number of para-hydroxylation sites is 2. The number of ketones is 1. The Morgan fingerprint density at radius 3 is 2.47 bits per heavy atom. The number of rotatable bonds is 6. The monoisotopic (exact) mass is 522 g/mol. The second kappa shape index (κ2) is 9.95. The third-order valence-corrected chi connectivity index (χ3v) is 8.19. The molecule has 1 saturated heterocycles. The number of Topliss-reactive ketones (excluding diaryl/α,β-unsaturated/α-hetero) is 1. The Morgan fingerprint density at radius 2 is 1.68 bits per heavy atom. The minimum Gasteiger partial charge on any atom is -0.330 e. The molecule has 0 radical (unpaired) electrons. The van der Waals surface area contributed by atoms with Crippen LogP contribution in [-0.4, -0.2) is 50.4 Å². The molecule has 8 heteroatoms. The van der Waals surface area contributed by atoms with E-state index in [1.165, 1.54) is 11.8 Å². The lowest BCUT2D eigenvalue weighted by atomic mass is 10.0. The highest BCUT2D eigenvalue weighted by atomic mass is 32.2. The van der Waals surface area contributed by atoms with Crippen molar-refractivity contribution in [2.45, 2.75) is 24.0 Å². The Hall–Kier alpha value is -4.17. The second-order valence-corrected chi connectivity index (χ2v) is 10.4. The average molecular weight is 523 g/mol. The van der Waals surface area contributed by atoms with Gasteiger partial charge in [-0.3, -0.25) is 14.4 Å². The maximum Gasteiger partial charge on any atom is 0.247 e. The van der Waals surface area contributed by atoms with E-state index < -0.39 is 6.04 Å². The van der Waals surface area contributed by atoms with Crippen LogP contribution >= 0.6 is 11.8 Å². The highest BCUT2D eigenvalue weighted by Crippen LogP contribution is 2.37. The van der Waals surface area contributed by atoms with Crippen molar-refractivity contribution in [3.63, 3.8) is 0 Å². The molecule has 0 bridgehead atoms. The molecule has 4 aromatic rings. The summed E-state index contributed by atoms with van der Waals surface area (Å²) in [5.74, 6) is -0.281. The molecule has 2 heterocycles. The Bertz CT molecular complexity index is 1610. The highest BCUT2D eigenvalue weighted by molar-refractivity contribution is 7.99. The molecular weight excluding hydrogens is 496 g/mol. The van der Waals surface area contributed by atoms with E-state index in [-0.39, 0.29) is 23.4 Å². The number of thioether (sulfide) groups is 1. The quantitative estimate of drug-likeness (QED) is 0.376. The number of hydrogen-bond donors (Lipinski definition) is 1. The van der Waals surface area contributed by atoms with Gasteiger partial charge in [0.15, 0.2) is 10.9 Å². The lowest BCUT2D eigenvalue weighted by Crippen LogP contribution is -2.46. The van der Waals surface area contributed by atoms with E-state index >= 15 is 0 Å². The highest BCUT2D eigenvalue weighted by Gasteiger charge is 2.37. The molecule has 1 aromatic heterocycles. The predicted molar refractivity (Wildman–Crippen MR) is 148 cm³/mol. The average Bonchev–Trinajstić information content (AvgIpc) is 3.64. The SMILES string of the molecule is Cn1c(SCC(=O)N2CCC[C@H]2C(=O)NC2=C(c3ccccc3)C(=O)c3ccccc32)nc2ccccc21. The van der Waals surface area contributed by atoms with Crippen LogP contribution < -0.4 is 5.32 Å². The van der Waals surface area contributed by atoms with Crippen LogP contribution in [0.15, 0.2) is 84.0 Å². The van der Waals surface area contributed by atoms with Crippen molar-refractivity contribution in [3.8, 4) is 0 Å². The van der Waals surface area contributed by atoms with Gasteiger partial charge in [0, 0.05) is 24.7 Å².